The second-order valence-electron chi connectivity index (χ2n) is 4.98. The summed E-state index contributed by atoms with van der Waals surface area (Å²) in [5.41, 5.74) is 1.09. The zero-order chi connectivity index (χ0) is 16.8. The zero-order valence-electron chi connectivity index (χ0n) is 12.7. The maximum atomic E-state index is 12.0. The molecule has 5 heteroatoms. The van der Waals surface area contributed by atoms with Crippen LogP contribution in [0.15, 0.2) is 71.1 Å². The number of nitrogens with one attached hydrogen (secondary N) is 1. The molecular formula is C19H14N2O3. The Morgan fingerprint density at radius 3 is 2.42 bits per heavy atom. The number of nitriles is 1. The van der Waals surface area contributed by atoms with Gasteiger partial charge in [-0.3, -0.25) is 10.1 Å². The van der Waals surface area contributed by atoms with Crippen molar-refractivity contribution in [2.75, 3.05) is 11.9 Å². The first-order chi connectivity index (χ1) is 11.8. The lowest BCUT2D eigenvalue weighted by Crippen LogP contribution is -2.20. The molecule has 3 aromatic rings. The number of furan rings is 1. The Bertz CT molecular complexity index is 865. The molecule has 0 atom stereocenters. The predicted molar refractivity (Wildman–Crippen MR) is 89.4 cm³/mol. The van der Waals surface area contributed by atoms with Crippen LogP contribution in [0, 0.1) is 11.3 Å². The maximum absolute atomic E-state index is 12.0. The minimum Gasteiger partial charge on any atom is -0.484 e. The fourth-order valence-electron chi connectivity index (χ4n) is 2.14. The Morgan fingerprint density at radius 1 is 1.08 bits per heavy atom. The highest BCUT2D eigenvalue weighted by Crippen LogP contribution is 2.28. The summed E-state index contributed by atoms with van der Waals surface area (Å²) < 4.78 is 11.0. The lowest BCUT2D eigenvalue weighted by Gasteiger charge is -2.05. The molecule has 3 rings (SSSR count). The van der Waals surface area contributed by atoms with Crippen LogP contribution < -0.4 is 10.1 Å². The predicted octanol–water partition coefficient (Wildman–Crippen LogP) is 3.84. The largest absolute Gasteiger partial charge is 0.484 e. The normalized spacial score (nSPS) is 9.96. The Kier molecular flexibility index (Phi) is 4.59. The molecule has 24 heavy (non-hydrogen) atoms. The van der Waals surface area contributed by atoms with Crippen LogP contribution >= 0.6 is 0 Å². The molecular weight excluding hydrogens is 304 g/mol. The Labute approximate surface area is 139 Å². The third kappa shape index (κ3) is 3.62. The Morgan fingerprint density at radius 2 is 1.75 bits per heavy atom. The highest BCUT2D eigenvalue weighted by molar-refractivity contribution is 5.92. The minimum atomic E-state index is -0.399. The second-order valence-corrected chi connectivity index (χ2v) is 4.98. The molecule has 118 valence electrons. The molecule has 0 unspecified atom stereocenters. The molecule has 2 aromatic carbocycles. The van der Waals surface area contributed by atoms with Gasteiger partial charge in [0.1, 0.15) is 23.1 Å². The molecule has 5 nitrogen and oxygen atoms in total. The van der Waals surface area contributed by atoms with Gasteiger partial charge in [-0.2, -0.15) is 5.26 Å². The number of ether oxygens (including phenoxy) is 1. The van der Waals surface area contributed by atoms with Crippen molar-refractivity contribution < 1.29 is 13.9 Å². The Balaban J connectivity index is 1.69. The molecule has 0 spiro atoms. The van der Waals surface area contributed by atoms with Crippen molar-refractivity contribution in [2.45, 2.75) is 0 Å². The molecule has 0 radical (unpaired) electrons. The summed E-state index contributed by atoms with van der Waals surface area (Å²) in [5, 5.41) is 11.8. The molecule has 1 heterocycles. The third-order valence-corrected chi connectivity index (χ3v) is 3.28. The molecule has 0 bridgehead atoms. The van der Waals surface area contributed by atoms with Crippen molar-refractivity contribution in [3.05, 3.63) is 72.3 Å². The number of amides is 1. The SMILES string of the molecule is N#Cc1cc(-c2ccccc2)oc1NC(=O)COc1ccccc1. The van der Waals surface area contributed by atoms with Crippen LogP contribution in [0.1, 0.15) is 5.56 Å². The molecule has 0 fully saturated rings. The van der Waals surface area contributed by atoms with Crippen LogP contribution in [-0.2, 0) is 4.79 Å². The molecule has 1 amide bonds. The van der Waals surface area contributed by atoms with Crippen molar-refractivity contribution in [2.24, 2.45) is 0 Å². The molecule has 1 aromatic heterocycles. The van der Waals surface area contributed by atoms with Gasteiger partial charge < -0.3 is 9.15 Å². The van der Waals surface area contributed by atoms with E-state index in [1.165, 1.54) is 0 Å². The number of benzene rings is 2. The van der Waals surface area contributed by atoms with Crippen molar-refractivity contribution in [1.29, 1.82) is 5.26 Å². The molecule has 0 aliphatic heterocycles. The summed E-state index contributed by atoms with van der Waals surface area (Å²) in [6.07, 6.45) is 0. The molecule has 1 N–H and O–H groups in total. The van der Waals surface area contributed by atoms with E-state index in [0.717, 1.165) is 5.56 Å². The van der Waals surface area contributed by atoms with Gasteiger partial charge in [0.2, 0.25) is 5.88 Å². The van der Waals surface area contributed by atoms with Gasteiger partial charge in [0.25, 0.3) is 5.91 Å². The van der Waals surface area contributed by atoms with Crippen LogP contribution in [-0.4, -0.2) is 12.5 Å². The quantitative estimate of drug-likeness (QED) is 0.775. The summed E-state index contributed by atoms with van der Waals surface area (Å²) in [6.45, 7) is -0.170. The number of nitrogens with zero attached hydrogens (tertiary/aromatic N) is 1. The van der Waals surface area contributed by atoms with E-state index in [1.54, 1.807) is 18.2 Å². The van der Waals surface area contributed by atoms with Crippen LogP contribution in [0.4, 0.5) is 5.88 Å². The van der Waals surface area contributed by atoms with E-state index in [9.17, 15) is 10.1 Å². The molecule has 0 saturated heterocycles. The van der Waals surface area contributed by atoms with Crippen LogP contribution in [0.25, 0.3) is 11.3 Å². The molecule has 0 aliphatic rings. The third-order valence-electron chi connectivity index (χ3n) is 3.28. The standard InChI is InChI=1S/C19H14N2O3/c20-12-15-11-17(14-7-3-1-4-8-14)24-19(15)21-18(22)13-23-16-9-5-2-6-10-16/h1-11H,13H2,(H,21,22). The topological polar surface area (TPSA) is 75.3 Å². The van der Waals surface area contributed by atoms with Crippen molar-refractivity contribution >= 4 is 11.8 Å². The summed E-state index contributed by atoms with van der Waals surface area (Å²) in [7, 11) is 0. The number of rotatable bonds is 5. The summed E-state index contributed by atoms with van der Waals surface area (Å²) >= 11 is 0. The van der Waals surface area contributed by atoms with Crippen molar-refractivity contribution in [1.82, 2.24) is 0 Å². The zero-order valence-corrected chi connectivity index (χ0v) is 12.7. The first-order valence-electron chi connectivity index (χ1n) is 7.33. The van der Waals surface area contributed by atoms with Gasteiger partial charge in [0.05, 0.1) is 0 Å². The highest BCUT2D eigenvalue weighted by atomic mass is 16.5. The van der Waals surface area contributed by atoms with E-state index in [0.29, 0.717) is 11.5 Å². The fourth-order valence-corrected chi connectivity index (χ4v) is 2.14. The van der Waals surface area contributed by atoms with Gasteiger partial charge in [0, 0.05) is 11.6 Å². The monoisotopic (exact) mass is 318 g/mol. The number of hydrogen-bond donors (Lipinski definition) is 1. The number of para-hydroxylation sites is 1. The Hall–Kier alpha value is -3.52. The minimum absolute atomic E-state index is 0.123. The highest BCUT2D eigenvalue weighted by Gasteiger charge is 2.15. The first kappa shape index (κ1) is 15.4. The van der Waals surface area contributed by atoms with Crippen molar-refractivity contribution in [3.8, 4) is 23.1 Å². The van der Waals surface area contributed by atoms with Gasteiger partial charge in [-0.05, 0) is 12.1 Å². The summed E-state index contributed by atoms with van der Waals surface area (Å²) in [4.78, 5) is 12.0. The van der Waals surface area contributed by atoms with Crippen molar-refractivity contribution in [3.63, 3.8) is 0 Å². The number of carbonyl (C=O) groups is 1. The van der Waals surface area contributed by atoms with Gasteiger partial charge in [-0.15, -0.1) is 0 Å². The maximum Gasteiger partial charge on any atom is 0.264 e. The van der Waals surface area contributed by atoms with Gasteiger partial charge in [-0.25, -0.2) is 0 Å². The molecule has 0 saturated carbocycles. The average Bonchev–Trinajstić information content (AvgIpc) is 3.04. The van der Waals surface area contributed by atoms with E-state index >= 15 is 0 Å². The first-order valence-corrected chi connectivity index (χ1v) is 7.33. The van der Waals surface area contributed by atoms with Gasteiger partial charge >= 0.3 is 0 Å². The average molecular weight is 318 g/mol. The van der Waals surface area contributed by atoms with E-state index in [4.69, 9.17) is 9.15 Å². The van der Waals surface area contributed by atoms with E-state index in [-0.39, 0.29) is 18.1 Å². The summed E-state index contributed by atoms with van der Waals surface area (Å²) in [5.74, 6) is 0.839. The number of anilines is 1. The molecule has 0 aliphatic carbocycles. The summed E-state index contributed by atoms with van der Waals surface area (Å²) in [6, 6.07) is 22.0. The number of carbonyl (C=O) groups excluding carboxylic acids is 1. The van der Waals surface area contributed by atoms with E-state index in [2.05, 4.69) is 5.32 Å². The van der Waals surface area contributed by atoms with E-state index < -0.39 is 5.91 Å². The lowest BCUT2D eigenvalue weighted by molar-refractivity contribution is -0.118. The van der Waals surface area contributed by atoms with Gasteiger partial charge in [-0.1, -0.05) is 48.5 Å². The van der Waals surface area contributed by atoms with Gasteiger partial charge in [0.15, 0.2) is 6.61 Å². The van der Waals surface area contributed by atoms with Crippen LogP contribution in [0.2, 0.25) is 0 Å². The lowest BCUT2D eigenvalue weighted by atomic mass is 10.1. The number of hydrogen-bond acceptors (Lipinski definition) is 4. The smallest absolute Gasteiger partial charge is 0.264 e. The van der Waals surface area contributed by atoms with Crippen LogP contribution in [0.3, 0.4) is 0 Å². The second kappa shape index (κ2) is 7.16. The fraction of sp³-hybridized carbons (Fsp3) is 0.0526. The van der Waals surface area contributed by atoms with Crippen LogP contribution in [0.5, 0.6) is 5.75 Å². The van der Waals surface area contributed by atoms with E-state index in [1.807, 2.05) is 54.6 Å².